The molecular weight excluding hydrogens is 587 g/mol. The first kappa shape index (κ1) is 43.0. The summed E-state index contributed by atoms with van der Waals surface area (Å²) in [6.45, 7) is 4.54. The van der Waals surface area contributed by atoms with Gasteiger partial charge >= 0.3 is 0 Å². The number of rotatable bonds is 31. The van der Waals surface area contributed by atoms with Crippen molar-refractivity contribution in [2.75, 3.05) is 21.1 Å². The Kier molecular flexibility index (Phi) is 24.7. The van der Waals surface area contributed by atoms with Gasteiger partial charge in [0, 0.05) is 25.7 Å². The second kappa shape index (κ2) is 27.5. The van der Waals surface area contributed by atoms with E-state index in [4.69, 9.17) is 9.47 Å². The topological polar surface area (TPSA) is 18.5 Å². The summed E-state index contributed by atoms with van der Waals surface area (Å²) >= 11 is 0. The summed E-state index contributed by atoms with van der Waals surface area (Å²) in [7, 11) is 6.98. The van der Waals surface area contributed by atoms with Crippen LogP contribution in [0.5, 0.6) is 0 Å². The van der Waals surface area contributed by atoms with Gasteiger partial charge in [-0.05, 0) is 77.0 Å². The zero-order valence-corrected chi connectivity index (χ0v) is 32.9. The third-order valence-electron chi connectivity index (χ3n) is 10.8. The average molecular weight is 669 g/mol. The van der Waals surface area contributed by atoms with Crippen LogP contribution in [0.15, 0.2) is 48.6 Å². The standard InChI is InChI=1S/C45H82NO2/c1-6-8-10-12-14-16-18-20-22-24-26-28-30-32-34-36-38-45(47-43-40-42(46(3,4)5)41-44(43)48-45)39-37-35-33-31-29-27-25-23-21-19-17-15-13-11-9-7-2/h14-17,20-23,42-44H,6-13,18-19,24-41H2,1-5H3/q+1/b16-14-,17-15-,22-20-,23-21-/t42-,43-,44+. The maximum atomic E-state index is 6.89. The molecule has 3 atom stereocenters. The van der Waals surface area contributed by atoms with Gasteiger partial charge in [0.25, 0.3) is 0 Å². The molecule has 0 bridgehead atoms. The summed E-state index contributed by atoms with van der Waals surface area (Å²) in [5.41, 5.74) is 0. The lowest BCUT2D eigenvalue weighted by molar-refractivity contribution is -0.895. The Morgan fingerprint density at radius 2 is 0.792 bits per heavy atom. The van der Waals surface area contributed by atoms with Crippen LogP contribution in [0.3, 0.4) is 0 Å². The summed E-state index contributed by atoms with van der Waals surface area (Å²) in [5, 5.41) is 0. The SMILES string of the molecule is CCCCC/C=C\C/C=C\CCCCCCCCC1(CCCCCCCC/C=C\C/C=C\CCCCC)O[C@H]2C[C@H]([N+](C)(C)C)C[C@H]2O1. The van der Waals surface area contributed by atoms with Crippen molar-refractivity contribution >= 4 is 0 Å². The van der Waals surface area contributed by atoms with E-state index in [1.165, 1.54) is 141 Å². The Morgan fingerprint density at radius 1 is 0.458 bits per heavy atom. The highest BCUT2D eigenvalue weighted by molar-refractivity contribution is 4.95. The van der Waals surface area contributed by atoms with Crippen LogP contribution in [0.2, 0.25) is 0 Å². The molecule has 0 N–H and O–H groups in total. The summed E-state index contributed by atoms with van der Waals surface area (Å²) in [4.78, 5) is 0. The molecule has 0 aromatic heterocycles. The van der Waals surface area contributed by atoms with Crippen LogP contribution in [0, 0.1) is 0 Å². The predicted molar refractivity (Wildman–Crippen MR) is 211 cm³/mol. The number of hydrogen-bond acceptors (Lipinski definition) is 2. The molecule has 3 nitrogen and oxygen atoms in total. The van der Waals surface area contributed by atoms with Crippen LogP contribution in [0.1, 0.15) is 194 Å². The molecule has 3 heteroatoms. The number of hydrogen-bond donors (Lipinski definition) is 0. The first-order valence-electron chi connectivity index (χ1n) is 21.2. The first-order chi connectivity index (χ1) is 23.4. The molecule has 2 aliphatic rings. The van der Waals surface area contributed by atoms with Gasteiger partial charge in [-0.25, -0.2) is 0 Å². The van der Waals surface area contributed by atoms with Gasteiger partial charge in [0.15, 0.2) is 5.79 Å². The Morgan fingerprint density at radius 3 is 1.15 bits per heavy atom. The van der Waals surface area contributed by atoms with Crippen molar-refractivity contribution in [2.24, 2.45) is 0 Å². The molecule has 1 aliphatic heterocycles. The van der Waals surface area contributed by atoms with E-state index in [2.05, 4.69) is 83.6 Å². The van der Waals surface area contributed by atoms with Crippen LogP contribution >= 0.6 is 0 Å². The zero-order chi connectivity index (χ0) is 34.6. The van der Waals surface area contributed by atoms with Crippen molar-refractivity contribution in [3.05, 3.63) is 48.6 Å². The molecule has 1 saturated heterocycles. The van der Waals surface area contributed by atoms with E-state index in [9.17, 15) is 0 Å². The fourth-order valence-electron chi connectivity index (χ4n) is 7.52. The second-order valence-electron chi connectivity index (χ2n) is 16.1. The van der Waals surface area contributed by atoms with Crippen LogP contribution in [-0.4, -0.2) is 49.7 Å². The van der Waals surface area contributed by atoms with Crippen molar-refractivity contribution in [2.45, 2.75) is 218 Å². The number of ether oxygens (including phenoxy) is 2. The highest BCUT2D eigenvalue weighted by Gasteiger charge is 2.53. The fourth-order valence-corrected chi connectivity index (χ4v) is 7.52. The molecule has 0 aromatic rings. The van der Waals surface area contributed by atoms with Gasteiger partial charge in [-0.1, -0.05) is 140 Å². The van der Waals surface area contributed by atoms with Gasteiger partial charge in [-0.15, -0.1) is 0 Å². The summed E-state index contributed by atoms with van der Waals surface area (Å²) in [5.74, 6) is -0.310. The number of quaternary nitrogens is 1. The fraction of sp³-hybridized carbons (Fsp3) is 0.822. The van der Waals surface area contributed by atoms with Crippen LogP contribution in [0.25, 0.3) is 0 Å². The van der Waals surface area contributed by atoms with Crippen LogP contribution in [0.4, 0.5) is 0 Å². The van der Waals surface area contributed by atoms with Gasteiger partial charge in [-0.3, -0.25) is 0 Å². The third-order valence-corrected chi connectivity index (χ3v) is 10.8. The monoisotopic (exact) mass is 669 g/mol. The number of fused-ring (bicyclic) bond motifs is 1. The third kappa shape index (κ3) is 20.5. The molecule has 0 unspecified atom stereocenters. The molecule has 1 aliphatic carbocycles. The lowest BCUT2D eigenvalue weighted by Gasteiger charge is -2.34. The molecule has 2 rings (SSSR count). The normalized spacial score (nSPS) is 21.2. The van der Waals surface area contributed by atoms with E-state index in [-0.39, 0.29) is 5.79 Å². The lowest BCUT2D eigenvalue weighted by atomic mass is 9.98. The lowest BCUT2D eigenvalue weighted by Crippen LogP contribution is -2.45. The molecule has 0 aromatic carbocycles. The molecule has 0 radical (unpaired) electrons. The first-order valence-corrected chi connectivity index (χ1v) is 21.2. The van der Waals surface area contributed by atoms with Crippen LogP contribution in [-0.2, 0) is 9.47 Å². The molecule has 0 amide bonds. The van der Waals surface area contributed by atoms with E-state index in [0.29, 0.717) is 18.2 Å². The number of unbranched alkanes of at least 4 members (excludes halogenated alkanes) is 18. The van der Waals surface area contributed by atoms with Gasteiger partial charge in [0.1, 0.15) is 0 Å². The van der Waals surface area contributed by atoms with Crippen LogP contribution < -0.4 is 0 Å². The minimum absolute atomic E-state index is 0.307. The maximum Gasteiger partial charge on any atom is 0.169 e. The largest absolute Gasteiger partial charge is 0.344 e. The maximum absolute atomic E-state index is 6.89. The van der Waals surface area contributed by atoms with Crippen molar-refractivity contribution in [3.8, 4) is 0 Å². The van der Waals surface area contributed by atoms with Gasteiger partial charge in [0.2, 0.25) is 0 Å². The van der Waals surface area contributed by atoms with Crippen molar-refractivity contribution in [1.82, 2.24) is 0 Å². The smallest absolute Gasteiger partial charge is 0.169 e. The van der Waals surface area contributed by atoms with Gasteiger partial charge in [-0.2, -0.15) is 0 Å². The van der Waals surface area contributed by atoms with E-state index in [1.807, 2.05) is 0 Å². The zero-order valence-electron chi connectivity index (χ0n) is 32.9. The molecule has 48 heavy (non-hydrogen) atoms. The Bertz CT molecular complexity index is 801. The molecule has 1 heterocycles. The summed E-state index contributed by atoms with van der Waals surface area (Å²) < 4.78 is 14.8. The van der Waals surface area contributed by atoms with Gasteiger partial charge in [0.05, 0.1) is 39.4 Å². The Balaban J connectivity index is 1.58. The Labute approximate surface area is 300 Å². The average Bonchev–Trinajstić information content (AvgIpc) is 3.61. The summed E-state index contributed by atoms with van der Waals surface area (Å²) in [6, 6.07) is 0.654. The van der Waals surface area contributed by atoms with E-state index in [0.717, 1.165) is 43.0 Å². The molecule has 0 spiro atoms. The quantitative estimate of drug-likeness (QED) is 0.0416. The van der Waals surface area contributed by atoms with E-state index >= 15 is 0 Å². The molecule has 2 fully saturated rings. The number of allylic oxidation sites excluding steroid dienone is 8. The Hall–Kier alpha value is -1.16. The highest BCUT2D eigenvalue weighted by Crippen LogP contribution is 2.45. The molecule has 1 saturated carbocycles. The van der Waals surface area contributed by atoms with Gasteiger partial charge < -0.3 is 14.0 Å². The van der Waals surface area contributed by atoms with E-state index < -0.39 is 0 Å². The second-order valence-corrected chi connectivity index (χ2v) is 16.1. The van der Waals surface area contributed by atoms with E-state index in [1.54, 1.807) is 0 Å². The van der Waals surface area contributed by atoms with Crippen molar-refractivity contribution in [3.63, 3.8) is 0 Å². The highest BCUT2D eigenvalue weighted by atomic mass is 16.8. The minimum Gasteiger partial charge on any atom is -0.344 e. The van der Waals surface area contributed by atoms with Crippen molar-refractivity contribution < 1.29 is 14.0 Å². The van der Waals surface area contributed by atoms with Crippen molar-refractivity contribution in [1.29, 1.82) is 0 Å². The minimum atomic E-state index is -0.310. The number of nitrogens with zero attached hydrogens (tertiary/aromatic N) is 1. The predicted octanol–water partition coefficient (Wildman–Crippen LogP) is 13.7. The molecular formula is C45H82NO2+. The molecule has 278 valence electrons. The summed E-state index contributed by atoms with van der Waals surface area (Å²) in [6.07, 6.45) is 55.1.